The highest BCUT2D eigenvalue weighted by molar-refractivity contribution is 6.26. The minimum atomic E-state index is -2.11. The van der Waals surface area contributed by atoms with Crippen molar-refractivity contribution < 1.29 is 38.2 Å². The van der Waals surface area contributed by atoms with Gasteiger partial charge in [-0.25, -0.2) is 9.97 Å². The minimum Gasteiger partial charge on any atom is -0.497 e. The number of aromatic nitrogens is 6. The summed E-state index contributed by atoms with van der Waals surface area (Å²) in [5, 5.41) is 16.5. The fourth-order valence-electron chi connectivity index (χ4n) is 12.1. The molecule has 0 saturated heterocycles. The molecule has 10 aromatic rings. The van der Waals surface area contributed by atoms with E-state index in [1.165, 1.54) is 49.8 Å². The van der Waals surface area contributed by atoms with Crippen LogP contribution in [0.4, 0.5) is 45.6 Å². The standard InChI is InChI=1S/C68H62N12O8/c1-41(2)75(44-29-33-46(87-5)34-30-44)67(85)60(79-57-26-14-12-24-55(57)77(43-19-8-7-9-20-43)63(81)50(65(79)83)40-54-49-22-18-38-70-62(49)74-73-54)61(68(86)76(42(3)4)45-31-35-47(88-6)36-32-45)80-58-27-15-13-25-56(58)78(59-28-16-17-37-69-59)64(82)51(66(80)84)39-53-48-21-10-11-23-52(48)71-72-53/h7-38,41-42,50-51,60-61H,39-40H2,1-6H3,(H,71,72)(H,70,73,74). The quantitative estimate of drug-likeness (QED) is 0.0813. The van der Waals surface area contributed by atoms with Gasteiger partial charge in [-0.05, 0) is 143 Å². The molecule has 4 unspecified atom stereocenters. The van der Waals surface area contributed by atoms with Crippen molar-refractivity contribution in [3.63, 3.8) is 0 Å². The number of hydrogen-bond acceptors (Lipinski definition) is 12. The van der Waals surface area contributed by atoms with Gasteiger partial charge >= 0.3 is 0 Å². The van der Waals surface area contributed by atoms with E-state index >= 15 is 28.8 Å². The number of aromatic amines is 2. The van der Waals surface area contributed by atoms with Gasteiger partial charge in [-0.1, -0.05) is 66.7 Å². The lowest BCUT2D eigenvalue weighted by Gasteiger charge is -2.45. The van der Waals surface area contributed by atoms with Crippen molar-refractivity contribution in [3.05, 3.63) is 206 Å². The maximum absolute atomic E-state index is 17.5. The fraction of sp³-hybridized carbons (Fsp3) is 0.206. The first-order valence-electron chi connectivity index (χ1n) is 28.9. The van der Waals surface area contributed by atoms with E-state index in [1.54, 1.807) is 192 Å². The molecule has 0 bridgehead atoms. The molecule has 0 radical (unpaired) electrons. The summed E-state index contributed by atoms with van der Waals surface area (Å²) in [5.74, 6) is -7.05. The Bertz CT molecular complexity index is 3980. The van der Waals surface area contributed by atoms with Gasteiger partial charge in [0.05, 0.1) is 53.9 Å². The normalized spacial score (nSPS) is 15.9. The molecular weight excluding hydrogens is 1110 g/mol. The molecule has 20 heteroatoms. The number of para-hydroxylation sites is 6. The Balaban J connectivity index is 1.19. The van der Waals surface area contributed by atoms with Crippen molar-refractivity contribution in [2.24, 2.45) is 11.8 Å². The molecule has 2 aliphatic heterocycles. The number of H-pyrrole nitrogens is 2. The molecule has 2 aliphatic rings. The maximum Gasteiger partial charge on any atom is 0.253 e. The van der Waals surface area contributed by atoms with Crippen LogP contribution in [0, 0.1) is 11.8 Å². The number of carbonyl (C=O) groups is 6. The third kappa shape index (κ3) is 10.4. The number of methoxy groups -OCH3 is 2. The van der Waals surface area contributed by atoms with Crippen molar-refractivity contribution in [1.29, 1.82) is 0 Å². The van der Waals surface area contributed by atoms with Crippen molar-refractivity contribution in [1.82, 2.24) is 30.4 Å². The van der Waals surface area contributed by atoms with Crippen LogP contribution in [0.2, 0.25) is 0 Å². The summed E-state index contributed by atoms with van der Waals surface area (Å²) in [4.78, 5) is 119. The highest BCUT2D eigenvalue weighted by atomic mass is 16.5. The number of nitrogens with one attached hydrogen (secondary N) is 2. The SMILES string of the molecule is COc1ccc(N(C(=O)C(C(C(=O)N(c2ccc(OC)cc2)C(C)C)N2C(=O)C(Cc3n[nH]c4ccccc34)C(=O)N(c3ccccn3)c3ccccc32)N2C(=O)C(Cc3n[nH]c4ncccc34)C(=O)N(c3ccccc3)c3ccccc32)C(C)C)cc1. The van der Waals surface area contributed by atoms with Gasteiger partial charge in [-0.3, -0.25) is 58.6 Å². The number of hydrogen-bond donors (Lipinski definition) is 2. The van der Waals surface area contributed by atoms with E-state index in [-0.39, 0.29) is 41.4 Å². The van der Waals surface area contributed by atoms with Crippen molar-refractivity contribution >= 4 is 103 Å². The van der Waals surface area contributed by atoms with E-state index in [9.17, 15) is 0 Å². The van der Waals surface area contributed by atoms with Crippen LogP contribution in [0.15, 0.2) is 194 Å². The first kappa shape index (κ1) is 57.4. The van der Waals surface area contributed by atoms with E-state index in [4.69, 9.17) is 9.47 Å². The monoisotopic (exact) mass is 1170 g/mol. The maximum atomic E-state index is 17.5. The fourth-order valence-corrected chi connectivity index (χ4v) is 12.1. The lowest BCUT2D eigenvalue weighted by molar-refractivity contribution is -0.136. The molecular formula is C68H62N12O8. The van der Waals surface area contributed by atoms with Gasteiger partial charge < -0.3 is 19.3 Å². The predicted octanol–water partition coefficient (Wildman–Crippen LogP) is 10.3. The highest BCUT2D eigenvalue weighted by Gasteiger charge is 2.56. The Morgan fingerprint density at radius 2 is 0.932 bits per heavy atom. The summed E-state index contributed by atoms with van der Waals surface area (Å²) in [6.45, 7) is 7.19. The molecule has 20 nitrogen and oxygen atoms in total. The Morgan fingerprint density at radius 3 is 1.47 bits per heavy atom. The number of carbonyl (C=O) groups excluding carboxylic acids is 6. The molecule has 0 saturated carbocycles. The zero-order valence-corrected chi connectivity index (χ0v) is 49.1. The first-order chi connectivity index (χ1) is 42.8. The molecule has 4 atom stereocenters. The average molecular weight is 1180 g/mol. The van der Waals surface area contributed by atoms with Crippen LogP contribution in [0.3, 0.4) is 0 Å². The molecule has 6 heterocycles. The number of fused-ring (bicyclic) bond motifs is 4. The van der Waals surface area contributed by atoms with Crippen molar-refractivity contribution in [2.45, 2.75) is 64.7 Å². The van der Waals surface area contributed by atoms with Crippen LogP contribution >= 0.6 is 0 Å². The van der Waals surface area contributed by atoms with E-state index in [0.29, 0.717) is 61.9 Å². The Morgan fingerprint density at radius 1 is 0.477 bits per heavy atom. The molecule has 2 N–H and O–H groups in total. The highest BCUT2D eigenvalue weighted by Crippen LogP contribution is 2.46. The molecule has 4 aromatic heterocycles. The number of nitrogens with zero attached hydrogens (tertiary/aromatic N) is 10. The van der Waals surface area contributed by atoms with E-state index < -0.39 is 71.4 Å². The third-order valence-corrected chi connectivity index (χ3v) is 16.1. The molecule has 0 spiro atoms. The second kappa shape index (κ2) is 24.2. The number of pyridine rings is 2. The second-order valence-electron chi connectivity index (χ2n) is 22.0. The van der Waals surface area contributed by atoms with Gasteiger partial charge in [0.2, 0.25) is 23.6 Å². The van der Waals surface area contributed by atoms with Crippen molar-refractivity contribution in [2.75, 3.05) is 43.6 Å². The Hall–Kier alpha value is -11.0. The van der Waals surface area contributed by atoms with Crippen LogP contribution in [0.25, 0.3) is 21.9 Å². The number of anilines is 8. The summed E-state index contributed by atoms with van der Waals surface area (Å²) >= 11 is 0. The first-order valence-corrected chi connectivity index (χ1v) is 28.9. The van der Waals surface area contributed by atoms with Crippen LogP contribution in [0.1, 0.15) is 39.1 Å². The summed E-state index contributed by atoms with van der Waals surface area (Å²) in [6.07, 6.45) is 2.51. The van der Waals surface area contributed by atoms with E-state index in [1.807, 2.05) is 24.3 Å². The molecule has 6 aromatic carbocycles. The van der Waals surface area contributed by atoms with Gasteiger partial charge in [0.25, 0.3) is 11.8 Å². The number of benzene rings is 6. The molecule has 0 aliphatic carbocycles. The topological polar surface area (TPSA) is 223 Å². The molecule has 0 fully saturated rings. The van der Waals surface area contributed by atoms with Crippen LogP contribution in [-0.2, 0) is 41.6 Å². The minimum absolute atomic E-state index is 0.0283. The third-order valence-electron chi connectivity index (χ3n) is 16.1. The summed E-state index contributed by atoms with van der Waals surface area (Å²) < 4.78 is 11.2. The molecule has 6 amide bonds. The summed E-state index contributed by atoms with van der Waals surface area (Å²) in [5.41, 5.74) is 3.26. The lowest BCUT2D eigenvalue weighted by Crippen LogP contribution is -2.69. The molecule has 12 rings (SSSR count). The average Bonchev–Trinajstić information content (AvgIpc) is 1.50. The smallest absolute Gasteiger partial charge is 0.253 e. The van der Waals surface area contributed by atoms with Gasteiger partial charge in [0.1, 0.15) is 41.2 Å². The van der Waals surface area contributed by atoms with Gasteiger partial charge in [0, 0.05) is 65.2 Å². The van der Waals surface area contributed by atoms with Crippen molar-refractivity contribution in [3.8, 4) is 11.5 Å². The Kier molecular flexibility index (Phi) is 15.8. The number of amides is 6. The lowest BCUT2D eigenvalue weighted by atomic mass is 9.92. The molecule has 442 valence electrons. The zero-order valence-electron chi connectivity index (χ0n) is 49.1. The number of ether oxygens (including phenoxy) is 2. The second-order valence-corrected chi connectivity index (χ2v) is 22.0. The van der Waals surface area contributed by atoms with E-state index in [0.717, 1.165) is 0 Å². The number of rotatable bonds is 17. The van der Waals surface area contributed by atoms with Crippen LogP contribution in [0.5, 0.6) is 11.5 Å². The molecule has 88 heavy (non-hydrogen) atoms. The Labute approximate surface area is 506 Å². The summed E-state index contributed by atoms with van der Waals surface area (Å²) in [6, 6.07) is 46.0. The van der Waals surface area contributed by atoms with Gasteiger partial charge in [-0.15, -0.1) is 0 Å². The largest absolute Gasteiger partial charge is 0.497 e. The predicted molar refractivity (Wildman–Crippen MR) is 336 cm³/mol. The van der Waals surface area contributed by atoms with Gasteiger partial charge in [-0.2, -0.15) is 10.2 Å². The van der Waals surface area contributed by atoms with Crippen LogP contribution in [-0.4, -0.2) is 104 Å². The van der Waals surface area contributed by atoms with Crippen LogP contribution < -0.4 is 38.9 Å². The van der Waals surface area contributed by atoms with E-state index in [2.05, 4.69) is 30.4 Å². The summed E-state index contributed by atoms with van der Waals surface area (Å²) in [7, 11) is 3.04. The van der Waals surface area contributed by atoms with Gasteiger partial charge in [0.15, 0.2) is 5.65 Å². The zero-order chi connectivity index (χ0) is 61.3.